The summed E-state index contributed by atoms with van der Waals surface area (Å²) in [7, 11) is 0. The first-order valence-corrected chi connectivity index (χ1v) is 5.85. The molecule has 7 heteroatoms. The first-order valence-electron chi connectivity index (χ1n) is 5.04. The van der Waals surface area contributed by atoms with Crippen LogP contribution < -0.4 is 5.73 Å². The van der Waals surface area contributed by atoms with Crippen LogP contribution in [0.15, 0.2) is 34.6 Å². The summed E-state index contributed by atoms with van der Waals surface area (Å²) >= 11 is 1.39. The van der Waals surface area contributed by atoms with Crippen LogP contribution in [0.1, 0.15) is 5.82 Å². The number of hydrogen-bond acceptors (Lipinski definition) is 5. The van der Waals surface area contributed by atoms with Crippen LogP contribution in [0.5, 0.6) is 0 Å². The summed E-state index contributed by atoms with van der Waals surface area (Å²) in [5.41, 5.74) is 6.61. The normalized spacial score (nSPS) is 11.1. The Morgan fingerprint density at radius 2 is 2.24 bits per heavy atom. The Labute approximate surface area is 101 Å². The number of nitrogens with zero attached hydrogens (tertiary/aromatic N) is 4. The first kappa shape index (κ1) is 10.2. The number of H-pyrrole nitrogens is 1. The number of hydrogen-bond donors (Lipinski definition) is 2. The zero-order valence-corrected chi connectivity index (χ0v) is 9.90. The van der Waals surface area contributed by atoms with E-state index >= 15 is 0 Å². The van der Waals surface area contributed by atoms with Crippen molar-refractivity contribution in [1.29, 1.82) is 0 Å². The van der Waals surface area contributed by atoms with Gasteiger partial charge in [-0.15, -0.1) is 10.2 Å². The van der Waals surface area contributed by atoms with Gasteiger partial charge in [0.2, 0.25) is 5.16 Å². The zero-order valence-electron chi connectivity index (χ0n) is 9.08. The second-order valence-corrected chi connectivity index (χ2v) is 4.51. The number of aromatic amines is 1. The maximum absolute atomic E-state index is 5.81. The van der Waals surface area contributed by atoms with Crippen LogP contribution in [0, 0.1) is 6.92 Å². The number of imidazole rings is 1. The quantitative estimate of drug-likeness (QED) is 0.715. The van der Waals surface area contributed by atoms with Gasteiger partial charge in [0.25, 0.3) is 0 Å². The van der Waals surface area contributed by atoms with E-state index in [9.17, 15) is 0 Å². The average Bonchev–Trinajstić information content (AvgIpc) is 2.85. The fourth-order valence-electron chi connectivity index (χ4n) is 1.54. The van der Waals surface area contributed by atoms with E-state index in [0.29, 0.717) is 5.82 Å². The van der Waals surface area contributed by atoms with Crippen LogP contribution in [0.4, 0.5) is 5.82 Å². The summed E-state index contributed by atoms with van der Waals surface area (Å²) in [6, 6.07) is 5.75. The highest BCUT2D eigenvalue weighted by molar-refractivity contribution is 7.99. The van der Waals surface area contributed by atoms with Gasteiger partial charge >= 0.3 is 0 Å². The van der Waals surface area contributed by atoms with E-state index in [2.05, 4.69) is 20.2 Å². The third kappa shape index (κ3) is 1.74. The van der Waals surface area contributed by atoms with E-state index in [4.69, 9.17) is 5.73 Å². The number of rotatable bonds is 2. The van der Waals surface area contributed by atoms with E-state index in [-0.39, 0.29) is 0 Å². The van der Waals surface area contributed by atoms with E-state index in [1.165, 1.54) is 11.8 Å². The predicted octanol–water partition coefficient (Wildman–Crippen LogP) is 1.49. The maximum atomic E-state index is 5.81. The van der Waals surface area contributed by atoms with Crippen molar-refractivity contribution < 1.29 is 0 Å². The molecule has 3 heterocycles. The minimum absolute atomic E-state index is 0.556. The molecule has 0 spiro atoms. The Balaban J connectivity index is 2.03. The van der Waals surface area contributed by atoms with Gasteiger partial charge in [-0.25, -0.2) is 4.98 Å². The van der Waals surface area contributed by atoms with Gasteiger partial charge in [-0.1, -0.05) is 6.07 Å². The molecule has 0 aliphatic heterocycles. The smallest absolute Gasteiger partial charge is 0.202 e. The summed E-state index contributed by atoms with van der Waals surface area (Å²) in [6.07, 6.45) is 1.91. The molecule has 3 rings (SSSR count). The van der Waals surface area contributed by atoms with Gasteiger partial charge in [0.1, 0.15) is 16.7 Å². The lowest BCUT2D eigenvalue weighted by Gasteiger charge is -1.96. The molecule has 0 aliphatic rings. The largest absolute Gasteiger partial charge is 0.383 e. The molecule has 0 aliphatic carbocycles. The van der Waals surface area contributed by atoms with Crippen LogP contribution in [0.25, 0.3) is 5.65 Å². The van der Waals surface area contributed by atoms with Crippen molar-refractivity contribution in [2.24, 2.45) is 0 Å². The van der Waals surface area contributed by atoms with Gasteiger partial charge in [0, 0.05) is 6.20 Å². The molecule has 3 aromatic rings. The number of fused-ring (bicyclic) bond motifs is 1. The van der Waals surface area contributed by atoms with Crippen LogP contribution >= 0.6 is 11.8 Å². The Morgan fingerprint density at radius 1 is 1.35 bits per heavy atom. The summed E-state index contributed by atoms with van der Waals surface area (Å²) in [5, 5.41) is 9.64. The second kappa shape index (κ2) is 3.77. The van der Waals surface area contributed by atoms with Gasteiger partial charge in [0.15, 0.2) is 5.65 Å². The number of pyridine rings is 1. The second-order valence-electron chi connectivity index (χ2n) is 3.55. The minimum Gasteiger partial charge on any atom is -0.383 e. The highest BCUT2D eigenvalue weighted by atomic mass is 32.2. The molecule has 0 radical (unpaired) electrons. The van der Waals surface area contributed by atoms with E-state index in [0.717, 1.165) is 21.7 Å². The lowest BCUT2D eigenvalue weighted by molar-refractivity contribution is 0.918. The molecular formula is C10H10N6S. The van der Waals surface area contributed by atoms with Gasteiger partial charge in [0.05, 0.1) is 0 Å². The Kier molecular flexibility index (Phi) is 2.25. The predicted molar refractivity (Wildman–Crippen MR) is 64.8 cm³/mol. The van der Waals surface area contributed by atoms with E-state index in [1.807, 2.05) is 35.7 Å². The molecule has 0 bridgehead atoms. The van der Waals surface area contributed by atoms with E-state index < -0.39 is 0 Å². The molecule has 0 amide bonds. The number of aryl methyl sites for hydroxylation is 1. The van der Waals surface area contributed by atoms with Crippen molar-refractivity contribution in [2.75, 3.05) is 5.73 Å². The number of nitrogens with two attached hydrogens (primary N) is 1. The standard InChI is InChI=1S/C10H10N6S/c1-6-12-8(11)9(13-6)17-10-15-14-7-4-2-3-5-16(7)10/h2-5H,11H2,1H3,(H,12,13). The van der Waals surface area contributed by atoms with Crippen LogP contribution in [0.3, 0.4) is 0 Å². The van der Waals surface area contributed by atoms with Crippen molar-refractivity contribution in [3.63, 3.8) is 0 Å². The summed E-state index contributed by atoms with van der Waals surface area (Å²) in [6.45, 7) is 1.86. The highest BCUT2D eigenvalue weighted by Gasteiger charge is 2.11. The zero-order chi connectivity index (χ0) is 11.8. The van der Waals surface area contributed by atoms with Crippen LogP contribution in [0.2, 0.25) is 0 Å². The molecule has 3 N–H and O–H groups in total. The van der Waals surface area contributed by atoms with Crippen molar-refractivity contribution in [3.05, 3.63) is 30.2 Å². The molecule has 0 fully saturated rings. The monoisotopic (exact) mass is 246 g/mol. The number of aromatic nitrogens is 5. The number of nitrogen functional groups attached to an aromatic ring is 1. The molecule has 0 atom stereocenters. The fraction of sp³-hybridized carbons (Fsp3) is 0.100. The third-order valence-corrected chi connectivity index (χ3v) is 3.25. The number of nitrogens with one attached hydrogen (secondary N) is 1. The van der Waals surface area contributed by atoms with Crippen LogP contribution in [-0.2, 0) is 0 Å². The molecule has 0 saturated heterocycles. The van der Waals surface area contributed by atoms with Crippen molar-refractivity contribution >= 4 is 23.2 Å². The lowest BCUT2D eigenvalue weighted by Crippen LogP contribution is -1.89. The minimum atomic E-state index is 0.556. The molecule has 17 heavy (non-hydrogen) atoms. The SMILES string of the molecule is Cc1nc(Sc2nnc3ccccn23)c(N)[nH]1. The van der Waals surface area contributed by atoms with Crippen molar-refractivity contribution in [1.82, 2.24) is 24.6 Å². The summed E-state index contributed by atoms with van der Waals surface area (Å²) in [5.74, 6) is 1.35. The van der Waals surface area contributed by atoms with Crippen LogP contribution in [-0.4, -0.2) is 24.6 Å². The molecule has 0 unspecified atom stereocenters. The number of anilines is 1. The first-order chi connectivity index (χ1) is 8.24. The van der Waals surface area contributed by atoms with E-state index in [1.54, 1.807) is 0 Å². The third-order valence-electron chi connectivity index (χ3n) is 2.29. The van der Waals surface area contributed by atoms with Crippen molar-refractivity contribution in [3.8, 4) is 0 Å². The molecule has 6 nitrogen and oxygen atoms in total. The highest BCUT2D eigenvalue weighted by Crippen LogP contribution is 2.28. The molecule has 0 saturated carbocycles. The summed E-state index contributed by atoms with van der Waals surface area (Å²) in [4.78, 5) is 7.25. The lowest BCUT2D eigenvalue weighted by atomic mass is 10.5. The topological polar surface area (TPSA) is 84.9 Å². The van der Waals surface area contributed by atoms with Gasteiger partial charge < -0.3 is 10.7 Å². The van der Waals surface area contributed by atoms with Crippen molar-refractivity contribution in [2.45, 2.75) is 17.1 Å². The van der Waals surface area contributed by atoms with Gasteiger partial charge in [-0.3, -0.25) is 4.40 Å². The average molecular weight is 246 g/mol. The Hall–Kier alpha value is -2.02. The Bertz CT molecular complexity index is 670. The fourth-order valence-corrected chi connectivity index (χ4v) is 2.39. The van der Waals surface area contributed by atoms with Gasteiger partial charge in [-0.2, -0.15) is 0 Å². The molecular weight excluding hydrogens is 236 g/mol. The molecule has 3 aromatic heterocycles. The molecule has 86 valence electrons. The van der Waals surface area contributed by atoms with Gasteiger partial charge in [-0.05, 0) is 30.8 Å². The Morgan fingerprint density at radius 3 is 3.00 bits per heavy atom. The summed E-state index contributed by atoms with van der Waals surface area (Å²) < 4.78 is 1.90. The molecule has 0 aromatic carbocycles. The maximum Gasteiger partial charge on any atom is 0.202 e.